The number of carbonyl (C=O) groups excluding carboxylic acids is 12. The number of halogens is 6. The summed E-state index contributed by atoms with van der Waals surface area (Å²) < 4.78 is 96.9. The average molecular weight is 1540 g/mol. The third kappa shape index (κ3) is 21.3. The molecule has 13 atom stereocenters. The van der Waals surface area contributed by atoms with Gasteiger partial charge in [-0.05, 0) is 133 Å². The van der Waals surface area contributed by atoms with Crippen LogP contribution in [0.5, 0.6) is 0 Å². The van der Waals surface area contributed by atoms with Crippen LogP contribution in [0.25, 0.3) is 0 Å². The van der Waals surface area contributed by atoms with Gasteiger partial charge in [-0.1, -0.05) is 72.5 Å². The molecule has 12 amide bonds. The summed E-state index contributed by atoms with van der Waals surface area (Å²) in [5, 5.41) is 5.65. The van der Waals surface area contributed by atoms with E-state index >= 15 is 28.8 Å². The molecule has 2 N–H and O–H groups in total. The first kappa shape index (κ1) is 89.8. The molecule has 2 bridgehead atoms. The van der Waals surface area contributed by atoms with Gasteiger partial charge < -0.3 is 69.1 Å². The van der Waals surface area contributed by atoms with Gasteiger partial charge in [0, 0.05) is 96.7 Å². The Kier molecular flexibility index (Phi) is 32.6. The van der Waals surface area contributed by atoms with Crippen LogP contribution >= 0.6 is 0 Å². The van der Waals surface area contributed by atoms with E-state index in [0.717, 1.165) is 24.5 Å². The molecule has 3 aliphatic carbocycles. The number of nitrogens with one attached hydrogen (secondary N) is 2. The van der Waals surface area contributed by atoms with E-state index in [2.05, 4.69) is 10.6 Å². The Morgan fingerprint density at radius 2 is 1.27 bits per heavy atom. The summed E-state index contributed by atoms with van der Waals surface area (Å²) in [5.74, 6) is -14.2. The smallest absolute Gasteiger partial charge is 0.381 e. The van der Waals surface area contributed by atoms with Crippen molar-refractivity contribution in [3.05, 3.63) is 12.2 Å². The monoisotopic (exact) mass is 1540 g/mol. The number of nitrogens with zero attached hydrogens (tertiary/aromatic N) is 10. The Bertz CT molecular complexity index is 3180. The van der Waals surface area contributed by atoms with Crippen molar-refractivity contribution in [2.75, 3.05) is 103 Å². The summed E-state index contributed by atoms with van der Waals surface area (Å²) in [5.41, 5.74) is -1.61. The number of hydrogen-bond acceptors (Lipinski definition) is 14. The number of alkyl halides is 6. The maximum absolute atomic E-state index is 15.7. The molecule has 3 heterocycles. The molecule has 26 nitrogen and oxygen atoms in total. The highest BCUT2D eigenvalue weighted by atomic mass is 19.4. The Hall–Kier alpha value is -7.12. The zero-order valence-corrected chi connectivity index (χ0v) is 66.4. The van der Waals surface area contributed by atoms with Gasteiger partial charge in [-0.25, -0.2) is 0 Å². The second-order valence-corrected chi connectivity index (χ2v) is 31.4. The fourth-order valence-corrected chi connectivity index (χ4v) is 16.9. The van der Waals surface area contributed by atoms with Crippen LogP contribution in [0.15, 0.2) is 12.2 Å². The van der Waals surface area contributed by atoms with E-state index in [0.29, 0.717) is 32.1 Å². The lowest BCUT2D eigenvalue weighted by Crippen LogP contribution is -2.68. The molecule has 1 spiro atoms. The number of ether oxygens (including phenoxy) is 2. The Balaban J connectivity index is 1.50. The number of methoxy groups -OCH3 is 1. The Morgan fingerprint density at radius 3 is 1.82 bits per heavy atom. The van der Waals surface area contributed by atoms with Gasteiger partial charge in [0.2, 0.25) is 70.9 Å². The molecule has 5 fully saturated rings. The van der Waals surface area contributed by atoms with E-state index in [9.17, 15) is 55.1 Å². The molecule has 0 aromatic heterocycles. The standard InChI is InChI=1S/C76H122F6N12O14/c1-17-26-54-65(98)84-63(46(6)18-2)71(104)87(10)45-62(97)89(12)55-27-23-22-24-38-93(70(55)103)57(39-47-28-32-50(33-29-47)75(77,78)79)68(101)86(9)44-60(95)83-53(35-31-48-30-34-52(76(80,81)82)59(40-48)107-16)66(99)94-43-51(108-21-5)41-58(94)69(102)92(15)74(36-25-37-74)73(106)91(14)64(49(19-3)20-4)72(105)90(13)56(67(100)85(7)8)42-61(96)88(54)11/h22-23,46-59,63-64H,17-21,24-45H2,1-16H3,(H,83,95)(H,84,98)/b23-22-/t46-,47?,48?,50?,51+,52?,53-,54-,55-,56-,57-,58-,59?,63-,64-/m0/s1. The molecule has 0 aromatic rings. The third-order valence-electron chi connectivity index (χ3n) is 24.3. The highest BCUT2D eigenvalue weighted by Gasteiger charge is 2.57. The van der Waals surface area contributed by atoms with Gasteiger partial charge in [0.05, 0.1) is 43.6 Å². The van der Waals surface area contributed by atoms with Gasteiger partial charge in [-0.15, -0.1) is 0 Å². The fraction of sp³-hybridized carbons (Fsp3) is 0.816. The second kappa shape index (κ2) is 39.2. The maximum atomic E-state index is 15.7. The molecule has 3 aliphatic heterocycles. The second-order valence-electron chi connectivity index (χ2n) is 31.4. The number of rotatable bonds is 16. The van der Waals surface area contributed by atoms with Gasteiger partial charge in [0.25, 0.3) is 0 Å². The first-order chi connectivity index (χ1) is 50.7. The van der Waals surface area contributed by atoms with Crippen LogP contribution in [-0.2, 0) is 67.0 Å². The molecule has 108 heavy (non-hydrogen) atoms. The number of hydrogen-bond donors (Lipinski definition) is 2. The first-order valence-corrected chi connectivity index (χ1v) is 38.9. The molecular formula is C76H122F6N12O14. The average Bonchev–Trinajstić information content (AvgIpc) is 0.883. The topological polar surface area (TPSA) is 280 Å². The molecule has 0 radical (unpaired) electrons. The zero-order chi connectivity index (χ0) is 80.8. The largest absolute Gasteiger partial charge is 0.394 e. The van der Waals surface area contributed by atoms with E-state index in [4.69, 9.17) is 9.47 Å². The van der Waals surface area contributed by atoms with Gasteiger partial charge >= 0.3 is 12.4 Å². The molecule has 0 aromatic carbocycles. The van der Waals surface area contributed by atoms with Crippen molar-refractivity contribution in [2.24, 2.45) is 35.5 Å². The summed E-state index contributed by atoms with van der Waals surface area (Å²) in [6.07, 6.45) is -6.93. The number of carbonyl (C=O) groups is 12. The van der Waals surface area contributed by atoms with E-state index in [1.807, 2.05) is 13.8 Å². The number of amides is 12. The molecule has 3 saturated carbocycles. The van der Waals surface area contributed by atoms with Crippen molar-refractivity contribution in [1.82, 2.24) is 59.6 Å². The van der Waals surface area contributed by atoms with Gasteiger partial charge in [-0.2, -0.15) is 26.3 Å². The van der Waals surface area contributed by atoms with Crippen LogP contribution in [0.4, 0.5) is 26.3 Å². The molecular weight excluding hydrogens is 1420 g/mol. The van der Waals surface area contributed by atoms with Crippen molar-refractivity contribution in [3.8, 4) is 0 Å². The Morgan fingerprint density at radius 1 is 0.639 bits per heavy atom. The van der Waals surface area contributed by atoms with Crippen molar-refractivity contribution < 1.29 is 93.4 Å². The van der Waals surface area contributed by atoms with Crippen molar-refractivity contribution in [1.29, 1.82) is 0 Å². The van der Waals surface area contributed by atoms with Gasteiger partial charge in [0.1, 0.15) is 53.9 Å². The fourth-order valence-electron chi connectivity index (χ4n) is 16.9. The summed E-state index contributed by atoms with van der Waals surface area (Å²) in [6, 6.07) is -10.9. The number of fused-ring (bicyclic) bond motifs is 3. The maximum Gasteiger partial charge on any atom is 0.394 e. The lowest BCUT2D eigenvalue weighted by Gasteiger charge is -2.51. The summed E-state index contributed by atoms with van der Waals surface area (Å²) >= 11 is 0. The van der Waals surface area contributed by atoms with Crippen LogP contribution in [0.2, 0.25) is 0 Å². The molecule has 32 heteroatoms. The first-order valence-electron chi connectivity index (χ1n) is 38.9. The van der Waals surface area contributed by atoms with Crippen LogP contribution in [0.3, 0.4) is 0 Å². The lowest BCUT2D eigenvalue weighted by molar-refractivity contribution is -0.215. The van der Waals surface area contributed by atoms with Gasteiger partial charge in [-0.3, -0.25) is 57.5 Å². The van der Waals surface area contributed by atoms with E-state index < -0.39 is 204 Å². The lowest BCUT2D eigenvalue weighted by atomic mass is 9.73. The van der Waals surface area contributed by atoms with Crippen molar-refractivity contribution in [2.45, 2.75) is 261 Å². The zero-order valence-electron chi connectivity index (χ0n) is 66.4. The molecule has 2 saturated heterocycles. The highest BCUT2D eigenvalue weighted by Crippen LogP contribution is 2.45. The van der Waals surface area contributed by atoms with Crippen LogP contribution in [0, 0.1) is 35.5 Å². The summed E-state index contributed by atoms with van der Waals surface area (Å²) in [6.45, 7) is 9.11. The normalized spacial score (nSPS) is 30.5. The van der Waals surface area contributed by atoms with Crippen LogP contribution < -0.4 is 10.6 Å². The molecule has 3 unspecified atom stereocenters. The predicted octanol–water partition coefficient (Wildman–Crippen LogP) is 6.42. The quantitative estimate of drug-likeness (QED) is 0.125. The highest BCUT2D eigenvalue weighted by molar-refractivity contribution is 6.01. The Labute approximate surface area is 633 Å². The van der Waals surface area contributed by atoms with Crippen molar-refractivity contribution >= 4 is 70.9 Å². The van der Waals surface area contributed by atoms with Crippen LogP contribution in [0.1, 0.15) is 183 Å². The molecule has 612 valence electrons. The molecule has 6 aliphatic rings. The minimum atomic E-state index is -4.57. The minimum Gasteiger partial charge on any atom is -0.381 e. The van der Waals surface area contributed by atoms with Crippen LogP contribution in [-0.4, -0.2) is 302 Å². The summed E-state index contributed by atoms with van der Waals surface area (Å²) in [4.78, 5) is 194. The number of likely N-dealkylation sites (N-methyl/N-ethyl adjacent to an activating group) is 8. The van der Waals surface area contributed by atoms with Gasteiger partial charge in [0.15, 0.2) is 0 Å². The minimum absolute atomic E-state index is 0.0345. The van der Waals surface area contributed by atoms with E-state index in [1.165, 1.54) is 95.0 Å². The van der Waals surface area contributed by atoms with E-state index in [-0.39, 0.29) is 122 Å². The predicted molar refractivity (Wildman–Crippen MR) is 389 cm³/mol. The van der Waals surface area contributed by atoms with E-state index in [1.54, 1.807) is 39.8 Å². The SMILES string of the molecule is CCC[C@H]1C(=O)N[C@@H]([C@@H](C)CC)C(=O)N(C)CC(=O)N(C)[C@H]2C/C=C\CCN(C2=O)[C@@H](CC2CCC(C(F)(F)F)CC2)C(=O)N(C)CC(=O)N[C@@H](CCC2CCC(C(F)(F)F)C(OC)C2)C(=O)N2C[C@H](OCC)C[C@H]2C(=O)N(C)C2(CCC2)C(=O)N(C)[C@@H](C(CC)CC)C(=O)N(C)[C@H](C(=O)N(C)C)CC(=O)N1C. The van der Waals surface area contributed by atoms with Crippen molar-refractivity contribution in [3.63, 3.8) is 0 Å². The third-order valence-corrected chi connectivity index (χ3v) is 24.3. The summed E-state index contributed by atoms with van der Waals surface area (Å²) in [7, 11) is 13.7. The molecule has 6 rings (SSSR count).